The van der Waals surface area contributed by atoms with Crippen molar-refractivity contribution in [1.82, 2.24) is 20.1 Å². The summed E-state index contributed by atoms with van der Waals surface area (Å²) in [6.07, 6.45) is 3.66. The number of aliphatic hydroxyl groups is 1. The number of ether oxygens (including phenoxy) is 1. The first-order chi connectivity index (χ1) is 12.6. The van der Waals surface area contributed by atoms with E-state index >= 15 is 0 Å². The average Bonchev–Trinajstić information content (AvgIpc) is 2.98. The molecule has 1 aliphatic rings. The fourth-order valence-corrected chi connectivity index (χ4v) is 3.18. The first-order valence-corrected chi connectivity index (χ1v) is 9.15. The van der Waals surface area contributed by atoms with Crippen LogP contribution in [0, 0.1) is 0 Å². The van der Waals surface area contributed by atoms with Crippen LogP contribution in [0.4, 0.5) is 0 Å². The Morgan fingerprint density at radius 3 is 2.81 bits per heavy atom. The highest BCUT2D eigenvalue weighted by molar-refractivity contribution is 5.97. The van der Waals surface area contributed by atoms with Crippen molar-refractivity contribution in [2.24, 2.45) is 7.05 Å². The van der Waals surface area contributed by atoms with Crippen LogP contribution in [-0.4, -0.2) is 38.4 Å². The van der Waals surface area contributed by atoms with E-state index in [4.69, 9.17) is 4.74 Å². The van der Waals surface area contributed by atoms with Crippen molar-refractivity contribution >= 4 is 5.91 Å². The second-order valence-electron chi connectivity index (χ2n) is 6.73. The monoisotopic (exact) mass is 358 g/mol. The minimum absolute atomic E-state index is 0.102. The minimum Gasteiger partial charge on any atom is -0.493 e. The maximum Gasteiger partial charge on any atom is 0.255 e. The number of hydrogen-bond acceptors (Lipinski definition) is 5. The number of nitrogens with zero attached hydrogens (tertiary/aromatic N) is 3. The van der Waals surface area contributed by atoms with Crippen molar-refractivity contribution in [2.45, 2.75) is 51.2 Å². The third kappa shape index (κ3) is 3.88. The van der Waals surface area contributed by atoms with Crippen LogP contribution in [0.25, 0.3) is 0 Å². The highest BCUT2D eigenvalue weighted by Gasteiger charge is 2.35. The summed E-state index contributed by atoms with van der Waals surface area (Å²) in [6, 6.07) is 7.48. The highest BCUT2D eigenvalue weighted by Crippen LogP contribution is 2.36. The second-order valence-corrected chi connectivity index (χ2v) is 6.73. The molecule has 1 fully saturated rings. The molecule has 0 atom stereocenters. The molecule has 7 heteroatoms. The molecule has 3 rings (SSSR count). The van der Waals surface area contributed by atoms with Gasteiger partial charge in [0.15, 0.2) is 5.82 Å². The molecule has 0 unspecified atom stereocenters. The van der Waals surface area contributed by atoms with E-state index < -0.39 is 0 Å². The Morgan fingerprint density at radius 2 is 2.12 bits per heavy atom. The zero-order chi connectivity index (χ0) is 18.5. The van der Waals surface area contributed by atoms with Crippen molar-refractivity contribution in [3.8, 4) is 5.75 Å². The Kier molecular flexibility index (Phi) is 5.88. The molecule has 0 aliphatic heterocycles. The summed E-state index contributed by atoms with van der Waals surface area (Å²) in [4.78, 5) is 12.6. The van der Waals surface area contributed by atoms with Gasteiger partial charge < -0.3 is 19.7 Å². The Labute approximate surface area is 153 Å². The Hall–Kier alpha value is -2.41. The first-order valence-electron chi connectivity index (χ1n) is 9.15. The molecule has 1 amide bonds. The maximum atomic E-state index is 12.6. The van der Waals surface area contributed by atoms with Gasteiger partial charge in [0, 0.05) is 19.0 Å². The van der Waals surface area contributed by atoms with E-state index in [-0.39, 0.29) is 24.5 Å². The van der Waals surface area contributed by atoms with Gasteiger partial charge in [-0.05, 0) is 31.4 Å². The summed E-state index contributed by atoms with van der Waals surface area (Å²) in [5, 5.41) is 20.4. The molecule has 2 N–H and O–H groups in total. The predicted octanol–water partition coefficient (Wildman–Crippen LogP) is 2.16. The van der Waals surface area contributed by atoms with Gasteiger partial charge in [-0.3, -0.25) is 4.79 Å². The van der Waals surface area contributed by atoms with Crippen LogP contribution in [0.3, 0.4) is 0 Å². The van der Waals surface area contributed by atoms with E-state index in [1.165, 1.54) is 0 Å². The molecule has 1 saturated carbocycles. The van der Waals surface area contributed by atoms with Gasteiger partial charge in [-0.1, -0.05) is 25.5 Å². The number of para-hydroxylation sites is 1. The van der Waals surface area contributed by atoms with Crippen LogP contribution < -0.4 is 10.1 Å². The normalized spacial score (nSPS) is 19.0. The molecule has 1 heterocycles. The van der Waals surface area contributed by atoms with Crippen LogP contribution in [0.5, 0.6) is 5.75 Å². The fraction of sp³-hybridized carbons (Fsp3) is 0.526. The maximum absolute atomic E-state index is 12.6. The van der Waals surface area contributed by atoms with E-state index in [2.05, 4.69) is 22.4 Å². The average molecular weight is 358 g/mol. The molecule has 0 radical (unpaired) electrons. The smallest absolute Gasteiger partial charge is 0.255 e. The molecule has 7 nitrogen and oxygen atoms in total. The number of carbonyl (C=O) groups excluding carboxylic acids is 1. The number of amides is 1. The topological polar surface area (TPSA) is 89.3 Å². The lowest BCUT2D eigenvalue weighted by atomic mass is 9.79. The van der Waals surface area contributed by atoms with Gasteiger partial charge in [-0.2, -0.15) is 0 Å². The summed E-state index contributed by atoms with van der Waals surface area (Å²) in [5.41, 5.74) is 0.577. The SMILES string of the molecule is CCCCOc1ccccc1C(=O)NC1CC(c2nnc(CO)n2C)C1. The van der Waals surface area contributed by atoms with Gasteiger partial charge in [0.25, 0.3) is 5.91 Å². The van der Waals surface area contributed by atoms with E-state index in [1.54, 1.807) is 6.07 Å². The summed E-state index contributed by atoms with van der Waals surface area (Å²) >= 11 is 0. The van der Waals surface area contributed by atoms with Gasteiger partial charge in [-0.25, -0.2) is 0 Å². The van der Waals surface area contributed by atoms with Crippen molar-refractivity contribution in [2.75, 3.05) is 6.61 Å². The molecule has 1 aromatic heterocycles. The van der Waals surface area contributed by atoms with E-state index in [1.807, 2.05) is 29.8 Å². The lowest BCUT2D eigenvalue weighted by Gasteiger charge is -2.35. The molecular formula is C19H26N4O3. The first kappa shape index (κ1) is 18.4. The third-order valence-electron chi connectivity index (χ3n) is 4.87. The summed E-state index contributed by atoms with van der Waals surface area (Å²) in [5.74, 6) is 2.22. The number of aromatic nitrogens is 3. The Bertz CT molecular complexity index is 753. The zero-order valence-electron chi connectivity index (χ0n) is 15.3. The molecule has 2 aromatic rings. The third-order valence-corrected chi connectivity index (χ3v) is 4.87. The van der Waals surface area contributed by atoms with Crippen molar-refractivity contribution in [3.63, 3.8) is 0 Å². The van der Waals surface area contributed by atoms with Crippen molar-refractivity contribution in [1.29, 1.82) is 0 Å². The van der Waals surface area contributed by atoms with Gasteiger partial charge >= 0.3 is 0 Å². The van der Waals surface area contributed by atoms with E-state index in [9.17, 15) is 9.90 Å². The Balaban J connectivity index is 1.56. The zero-order valence-corrected chi connectivity index (χ0v) is 15.3. The number of aliphatic hydroxyl groups excluding tert-OH is 1. The second kappa shape index (κ2) is 8.31. The molecule has 0 spiro atoms. The quantitative estimate of drug-likeness (QED) is 0.706. The number of carbonyl (C=O) groups is 1. The molecule has 0 saturated heterocycles. The van der Waals surface area contributed by atoms with E-state index in [0.717, 1.165) is 31.5 Å². The van der Waals surface area contributed by atoms with Crippen LogP contribution in [0.2, 0.25) is 0 Å². The van der Waals surface area contributed by atoms with Crippen LogP contribution >= 0.6 is 0 Å². The predicted molar refractivity (Wildman–Crippen MR) is 97.0 cm³/mol. The summed E-state index contributed by atoms with van der Waals surface area (Å²) in [7, 11) is 1.86. The van der Waals surface area contributed by atoms with Gasteiger partial charge in [0.2, 0.25) is 0 Å². The molecule has 0 bridgehead atoms. The largest absolute Gasteiger partial charge is 0.493 e. The van der Waals surface area contributed by atoms with Gasteiger partial charge in [0.05, 0.1) is 12.2 Å². The molecule has 26 heavy (non-hydrogen) atoms. The molecule has 1 aromatic carbocycles. The lowest BCUT2D eigenvalue weighted by molar-refractivity contribution is 0.0902. The number of unbranched alkanes of at least 4 members (excludes halogenated alkanes) is 1. The van der Waals surface area contributed by atoms with Crippen molar-refractivity contribution in [3.05, 3.63) is 41.5 Å². The van der Waals surface area contributed by atoms with Gasteiger partial charge in [-0.15, -0.1) is 10.2 Å². The van der Waals surface area contributed by atoms with Gasteiger partial charge in [0.1, 0.15) is 18.2 Å². The van der Waals surface area contributed by atoms with Crippen LogP contribution in [0.1, 0.15) is 60.5 Å². The van der Waals surface area contributed by atoms with Crippen molar-refractivity contribution < 1.29 is 14.6 Å². The summed E-state index contributed by atoms with van der Waals surface area (Å²) < 4.78 is 7.58. The lowest BCUT2D eigenvalue weighted by Crippen LogP contribution is -2.44. The highest BCUT2D eigenvalue weighted by atomic mass is 16.5. The number of nitrogens with one attached hydrogen (secondary N) is 1. The number of benzene rings is 1. The Morgan fingerprint density at radius 1 is 1.35 bits per heavy atom. The molecule has 140 valence electrons. The van der Waals surface area contributed by atoms with E-state index in [0.29, 0.717) is 23.7 Å². The fourth-order valence-electron chi connectivity index (χ4n) is 3.18. The molecule has 1 aliphatic carbocycles. The minimum atomic E-state index is -0.120. The molecular weight excluding hydrogens is 332 g/mol. The standard InChI is InChI=1S/C19H26N4O3/c1-3-4-9-26-16-8-6-5-7-15(16)19(25)20-14-10-13(11-14)18-22-21-17(12-24)23(18)2/h5-8,13-14,24H,3-4,9-12H2,1-2H3,(H,20,25). The number of hydrogen-bond donors (Lipinski definition) is 2. The number of rotatable bonds is 8. The van der Waals surface area contributed by atoms with Crippen LogP contribution in [0.15, 0.2) is 24.3 Å². The summed E-state index contributed by atoms with van der Waals surface area (Å²) in [6.45, 7) is 2.60. The van der Waals surface area contributed by atoms with Crippen LogP contribution in [-0.2, 0) is 13.7 Å².